The summed E-state index contributed by atoms with van der Waals surface area (Å²) in [5.74, 6) is -0.695. The monoisotopic (exact) mass is 296 g/mol. The number of aliphatic carboxylic acids is 1. The van der Waals surface area contributed by atoms with Crippen LogP contribution in [0.15, 0.2) is 0 Å². The minimum absolute atomic E-state index is 0.112. The van der Waals surface area contributed by atoms with Gasteiger partial charge in [0.2, 0.25) is 0 Å². The molecule has 2 fully saturated rings. The maximum absolute atomic E-state index is 12.1. The summed E-state index contributed by atoms with van der Waals surface area (Å²) in [5.41, 5.74) is 0.295. The Bertz CT molecular complexity index is 430. The molecule has 0 spiro atoms. The molecule has 120 valence electrons. The lowest BCUT2D eigenvalue weighted by molar-refractivity contribution is -0.141. The van der Waals surface area contributed by atoms with Gasteiger partial charge in [-0.2, -0.15) is 0 Å². The van der Waals surface area contributed by atoms with Gasteiger partial charge in [-0.25, -0.2) is 4.79 Å². The van der Waals surface area contributed by atoms with E-state index in [4.69, 9.17) is 5.11 Å². The Labute approximate surface area is 126 Å². The smallest absolute Gasteiger partial charge is 0.315 e. The lowest BCUT2D eigenvalue weighted by Gasteiger charge is -2.43. The van der Waals surface area contributed by atoms with Crippen molar-refractivity contribution in [1.82, 2.24) is 10.6 Å². The maximum atomic E-state index is 12.1. The zero-order valence-electron chi connectivity index (χ0n) is 13.5. The normalized spacial score (nSPS) is 34.5. The number of carboxylic acid groups (broad SMARTS) is 1. The van der Waals surface area contributed by atoms with Crippen LogP contribution in [-0.4, -0.2) is 29.7 Å². The standard InChI is InChI=1S/C16H28N2O3/c1-5-10(12(19)20)9-17-14(21)18-13-15(2,3)11-6-7-16(13,4)8-11/h10-11,13H,5-9H2,1-4H3,(H,19,20)(H2,17,18,21). The maximum Gasteiger partial charge on any atom is 0.315 e. The van der Waals surface area contributed by atoms with E-state index in [-0.39, 0.29) is 29.4 Å². The molecule has 21 heavy (non-hydrogen) atoms. The molecule has 0 radical (unpaired) electrons. The lowest BCUT2D eigenvalue weighted by atomic mass is 9.68. The van der Waals surface area contributed by atoms with Crippen LogP contribution < -0.4 is 10.6 Å². The van der Waals surface area contributed by atoms with Crippen LogP contribution >= 0.6 is 0 Å². The molecule has 5 heteroatoms. The van der Waals surface area contributed by atoms with E-state index in [1.54, 1.807) is 0 Å². The van der Waals surface area contributed by atoms with Crippen molar-refractivity contribution >= 4 is 12.0 Å². The molecule has 0 heterocycles. The largest absolute Gasteiger partial charge is 0.481 e. The third-order valence-electron chi connectivity index (χ3n) is 5.90. The molecule has 0 aromatic heterocycles. The van der Waals surface area contributed by atoms with Gasteiger partial charge in [0, 0.05) is 12.6 Å². The molecule has 2 amide bonds. The lowest BCUT2D eigenvalue weighted by Crippen LogP contribution is -2.55. The molecule has 4 atom stereocenters. The third-order valence-corrected chi connectivity index (χ3v) is 5.90. The number of rotatable bonds is 5. The first-order chi connectivity index (χ1) is 9.70. The summed E-state index contributed by atoms with van der Waals surface area (Å²) in [7, 11) is 0. The molecule has 5 nitrogen and oxygen atoms in total. The Morgan fingerprint density at radius 3 is 2.48 bits per heavy atom. The van der Waals surface area contributed by atoms with Crippen molar-refractivity contribution in [2.75, 3.05) is 6.54 Å². The van der Waals surface area contributed by atoms with Gasteiger partial charge < -0.3 is 15.7 Å². The Kier molecular flexibility index (Phi) is 4.22. The van der Waals surface area contributed by atoms with Crippen LogP contribution in [-0.2, 0) is 4.79 Å². The summed E-state index contributed by atoms with van der Waals surface area (Å²) < 4.78 is 0. The molecular weight excluding hydrogens is 268 g/mol. The fourth-order valence-corrected chi connectivity index (χ4v) is 4.47. The van der Waals surface area contributed by atoms with Crippen LogP contribution in [0, 0.1) is 22.7 Å². The number of amides is 2. The van der Waals surface area contributed by atoms with Crippen molar-refractivity contribution in [2.24, 2.45) is 22.7 Å². The van der Waals surface area contributed by atoms with Crippen molar-refractivity contribution in [3.05, 3.63) is 0 Å². The van der Waals surface area contributed by atoms with Crippen LogP contribution in [0.2, 0.25) is 0 Å². The minimum Gasteiger partial charge on any atom is -0.481 e. The van der Waals surface area contributed by atoms with Crippen molar-refractivity contribution in [1.29, 1.82) is 0 Å². The van der Waals surface area contributed by atoms with Crippen LogP contribution in [0.5, 0.6) is 0 Å². The molecule has 2 aliphatic rings. The molecule has 2 rings (SSSR count). The highest BCUT2D eigenvalue weighted by Crippen LogP contribution is 2.62. The summed E-state index contributed by atoms with van der Waals surface area (Å²) in [5, 5.41) is 14.9. The number of hydrogen-bond acceptors (Lipinski definition) is 2. The van der Waals surface area contributed by atoms with Crippen LogP contribution in [0.1, 0.15) is 53.4 Å². The van der Waals surface area contributed by atoms with Crippen molar-refractivity contribution < 1.29 is 14.7 Å². The van der Waals surface area contributed by atoms with Crippen LogP contribution in [0.3, 0.4) is 0 Å². The number of fused-ring (bicyclic) bond motifs is 2. The summed E-state index contributed by atoms with van der Waals surface area (Å²) in [6.07, 6.45) is 4.11. The SMILES string of the molecule is CCC(CNC(=O)NC1C2(C)CCC(C2)C1(C)C)C(=O)O. The number of nitrogens with one attached hydrogen (secondary N) is 2. The zero-order valence-corrected chi connectivity index (χ0v) is 13.5. The van der Waals surface area contributed by atoms with E-state index in [1.807, 2.05) is 6.92 Å². The van der Waals surface area contributed by atoms with Crippen molar-refractivity contribution in [3.63, 3.8) is 0 Å². The van der Waals surface area contributed by atoms with Gasteiger partial charge in [-0.05, 0) is 42.4 Å². The first-order valence-electron chi connectivity index (χ1n) is 7.98. The van der Waals surface area contributed by atoms with Gasteiger partial charge in [0.25, 0.3) is 0 Å². The summed E-state index contributed by atoms with van der Waals surface area (Å²) in [4.78, 5) is 23.1. The first kappa shape index (κ1) is 16.1. The second kappa shape index (κ2) is 5.50. The highest BCUT2D eigenvalue weighted by atomic mass is 16.4. The molecule has 2 bridgehead atoms. The highest BCUT2D eigenvalue weighted by molar-refractivity contribution is 5.76. The fraction of sp³-hybridized carbons (Fsp3) is 0.875. The second-order valence-electron chi connectivity index (χ2n) is 7.65. The number of urea groups is 1. The van der Waals surface area contributed by atoms with E-state index in [0.29, 0.717) is 12.3 Å². The fourth-order valence-electron chi connectivity index (χ4n) is 4.47. The number of carbonyl (C=O) groups excluding carboxylic acids is 1. The number of hydrogen-bond donors (Lipinski definition) is 3. The predicted octanol–water partition coefficient (Wildman–Crippen LogP) is 2.61. The van der Waals surface area contributed by atoms with Crippen molar-refractivity contribution in [2.45, 2.75) is 59.4 Å². The Balaban J connectivity index is 1.92. The van der Waals surface area contributed by atoms with Gasteiger partial charge in [-0.3, -0.25) is 4.79 Å². The highest BCUT2D eigenvalue weighted by Gasteiger charge is 2.59. The Morgan fingerprint density at radius 1 is 1.33 bits per heavy atom. The van der Waals surface area contributed by atoms with E-state index < -0.39 is 11.9 Å². The first-order valence-corrected chi connectivity index (χ1v) is 7.98. The van der Waals surface area contributed by atoms with Gasteiger partial charge in [0.05, 0.1) is 5.92 Å². The van der Waals surface area contributed by atoms with E-state index >= 15 is 0 Å². The number of carbonyl (C=O) groups is 2. The predicted molar refractivity (Wildman–Crippen MR) is 81.0 cm³/mol. The molecule has 3 N–H and O–H groups in total. The molecule has 0 aromatic rings. The third kappa shape index (κ3) is 2.87. The Morgan fingerprint density at radius 2 is 2.00 bits per heavy atom. The van der Waals surface area contributed by atoms with E-state index in [9.17, 15) is 9.59 Å². The van der Waals surface area contributed by atoms with E-state index in [2.05, 4.69) is 31.4 Å². The summed E-state index contributed by atoms with van der Waals surface area (Å²) in [6, 6.07) is -0.0739. The molecule has 4 unspecified atom stereocenters. The summed E-state index contributed by atoms with van der Waals surface area (Å²) >= 11 is 0. The van der Waals surface area contributed by atoms with Gasteiger partial charge >= 0.3 is 12.0 Å². The average molecular weight is 296 g/mol. The summed E-state index contributed by atoms with van der Waals surface area (Å²) in [6.45, 7) is 8.74. The van der Waals surface area contributed by atoms with Gasteiger partial charge in [-0.15, -0.1) is 0 Å². The van der Waals surface area contributed by atoms with Crippen LogP contribution in [0.4, 0.5) is 4.79 Å². The Hall–Kier alpha value is -1.26. The van der Waals surface area contributed by atoms with E-state index in [1.165, 1.54) is 19.3 Å². The zero-order chi connectivity index (χ0) is 15.8. The second-order valence-corrected chi connectivity index (χ2v) is 7.65. The molecule has 2 aliphatic carbocycles. The quantitative estimate of drug-likeness (QED) is 0.729. The average Bonchev–Trinajstić information content (AvgIpc) is 2.86. The molecule has 2 saturated carbocycles. The van der Waals surface area contributed by atoms with Gasteiger partial charge in [-0.1, -0.05) is 27.7 Å². The number of carboxylic acids is 1. The molecule has 0 saturated heterocycles. The topological polar surface area (TPSA) is 78.4 Å². The minimum atomic E-state index is -0.856. The van der Waals surface area contributed by atoms with Crippen LogP contribution in [0.25, 0.3) is 0 Å². The van der Waals surface area contributed by atoms with Gasteiger partial charge in [0.15, 0.2) is 0 Å². The van der Waals surface area contributed by atoms with Crippen molar-refractivity contribution in [3.8, 4) is 0 Å². The molecule has 0 aromatic carbocycles. The molecular formula is C16H28N2O3. The molecule has 0 aliphatic heterocycles. The van der Waals surface area contributed by atoms with Gasteiger partial charge in [0.1, 0.15) is 0 Å². The van der Waals surface area contributed by atoms with E-state index in [0.717, 1.165) is 0 Å².